The Morgan fingerprint density at radius 3 is 2.72 bits per heavy atom. The number of nitrogens with one attached hydrogen (secondary N) is 1. The molecule has 0 fully saturated rings. The second-order valence-electron chi connectivity index (χ2n) is 3.91. The maximum absolute atomic E-state index is 12.0. The number of aryl methyl sites for hydroxylation is 1. The lowest BCUT2D eigenvalue weighted by Crippen LogP contribution is -2.17. The summed E-state index contributed by atoms with van der Waals surface area (Å²) in [6.45, 7) is 1.85. The Balaban J connectivity index is 2.42. The summed E-state index contributed by atoms with van der Waals surface area (Å²) in [7, 11) is 0. The number of benzene rings is 1. The van der Waals surface area contributed by atoms with Gasteiger partial charge >= 0.3 is 0 Å². The van der Waals surface area contributed by atoms with Crippen molar-refractivity contribution < 1.29 is 0 Å². The lowest BCUT2D eigenvalue weighted by Gasteiger charge is -2.07. The monoisotopic (exact) mass is 280 g/mol. The molecule has 0 aliphatic heterocycles. The second kappa shape index (κ2) is 5.59. The van der Waals surface area contributed by atoms with Crippen LogP contribution in [0.1, 0.15) is 16.8 Å². The summed E-state index contributed by atoms with van der Waals surface area (Å²) in [5.41, 5.74) is 2.27. The van der Waals surface area contributed by atoms with E-state index in [2.05, 4.69) is 9.97 Å². The van der Waals surface area contributed by atoms with E-state index in [4.69, 9.17) is 11.6 Å². The molecular formula is C13H13ClN2OS. The number of rotatable bonds is 3. The molecule has 1 N–H and O–H groups in total. The van der Waals surface area contributed by atoms with Gasteiger partial charge in [-0.25, -0.2) is 4.98 Å². The minimum absolute atomic E-state index is 0.0910. The van der Waals surface area contributed by atoms with Gasteiger partial charge in [-0.05, 0) is 24.8 Å². The van der Waals surface area contributed by atoms with Gasteiger partial charge in [0.25, 0.3) is 5.56 Å². The summed E-state index contributed by atoms with van der Waals surface area (Å²) in [5, 5.41) is 1.31. The van der Waals surface area contributed by atoms with Crippen molar-refractivity contribution in [3.05, 3.63) is 56.5 Å². The number of nitrogens with zero attached hydrogens (tertiary/aromatic N) is 1. The Bertz CT molecular complexity index is 625. The standard InChI is InChI=1S/C13H13ClN2OS/c1-8-10(12(17)16-13(15-8)18-2)7-9-5-3-4-6-11(9)14/h3-6H,7H2,1-2H3,(H,15,16,17). The van der Waals surface area contributed by atoms with E-state index < -0.39 is 0 Å². The second-order valence-corrected chi connectivity index (χ2v) is 5.11. The Morgan fingerprint density at radius 1 is 1.39 bits per heavy atom. The molecule has 0 saturated carbocycles. The van der Waals surface area contributed by atoms with Gasteiger partial charge in [0.15, 0.2) is 5.16 Å². The number of aromatic nitrogens is 2. The molecule has 0 atom stereocenters. The first-order chi connectivity index (χ1) is 8.61. The van der Waals surface area contributed by atoms with Crippen molar-refractivity contribution in [1.82, 2.24) is 9.97 Å². The van der Waals surface area contributed by atoms with Gasteiger partial charge in [0, 0.05) is 22.7 Å². The van der Waals surface area contributed by atoms with Crippen LogP contribution in [0.2, 0.25) is 5.02 Å². The molecule has 0 unspecified atom stereocenters. The lowest BCUT2D eigenvalue weighted by molar-refractivity contribution is 0.868. The number of H-pyrrole nitrogens is 1. The highest BCUT2D eigenvalue weighted by atomic mass is 35.5. The molecule has 94 valence electrons. The minimum atomic E-state index is -0.0910. The van der Waals surface area contributed by atoms with Gasteiger partial charge in [-0.1, -0.05) is 41.6 Å². The molecule has 0 spiro atoms. The predicted molar refractivity (Wildman–Crippen MR) is 75.6 cm³/mol. The highest BCUT2D eigenvalue weighted by molar-refractivity contribution is 7.98. The van der Waals surface area contributed by atoms with Crippen LogP contribution in [0.15, 0.2) is 34.2 Å². The van der Waals surface area contributed by atoms with Crippen molar-refractivity contribution in [2.45, 2.75) is 18.5 Å². The quantitative estimate of drug-likeness (QED) is 0.694. The average molecular weight is 281 g/mol. The van der Waals surface area contributed by atoms with E-state index in [1.807, 2.05) is 37.4 Å². The van der Waals surface area contributed by atoms with E-state index >= 15 is 0 Å². The summed E-state index contributed by atoms with van der Waals surface area (Å²) in [6, 6.07) is 7.53. The molecule has 1 heterocycles. The number of halogens is 1. The third-order valence-corrected chi connectivity index (χ3v) is 3.67. The SMILES string of the molecule is CSc1nc(C)c(Cc2ccccc2Cl)c(=O)[nH]1. The van der Waals surface area contributed by atoms with Crippen molar-refractivity contribution in [1.29, 1.82) is 0 Å². The van der Waals surface area contributed by atoms with Crippen LogP contribution in [-0.2, 0) is 6.42 Å². The summed E-state index contributed by atoms with van der Waals surface area (Å²) >= 11 is 7.52. The molecule has 3 nitrogen and oxygen atoms in total. The Labute approximate surface area is 115 Å². The first-order valence-electron chi connectivity index (χ1n) is 5.49. The van der Waals surface area contributed by atoms with Gasteiger partial charge in [0.2, 0.25) is 0 Å². The van der Waals surface area contributed by atoms with Gasteiger partial charge in [0.05, 0.1) is 0 Å². The van der Waals surface area contributed by atoms with Gasteiger partial charge < -0.3 is 4.98 Å². The third-order valence-electron chi connectivity index (χ3n) is 2.72. The van der Waals surface area contributed by atoms with Crippen LogP contribution in [-0.4, -0.2) is 16.2 Å². The summed E-state index contributed by atoms with van der Waals surface area (Å²) in [4.78, 5) is 19.1. The molecule has 1 aromatic heterocycles. The van der Waals surface area contributed by atoms with Crippen LogP contribution in [0.3, 0.4) is 0 Å². The fraction of sp³-hybridized carbons (Fsp3) is 0.231. The zero-order chi connectivity index (χ0) is 13.1. The number of aromatic amines is 1. The van der Waals surface area contributed by atoms with E-state index in [0.717, 1.165) is 11.3 Å². The highest BCUT2D eigenvalue weighted by Gasteiger charge is 2.10. The van der Waals surface area contributed by atoms with E-state index in [1.54, 1.807) is 0 Å². The summed E-state index contributed by atoms with van der Waals surface area (Å²) in [5.74, 6) is 0. The molecule has 1 aromatic carbocycles. The zero-order valence-electron chi connectivity index (χ0n) is 10.2. The van der Waals surface area contributed by atoms with Crippen LogP contribution < -0.4 is 5.56 Å². The van der Waals surface area contributed by atoms with Gasteiger partial charge in [-0.2, -0.15) is 0 Å². The van der Waals surface area contributed by atoms with E-state index in [9.17, 15) is 4.79 Å². The zero-order valence-corrected chi connectivity index (χ0v) is 11.7. The average Bonchev–Trinajstić information content (AvgIpc) is 2.35. The Morgan fingerprint density at radius 2 is 2.11 bits per heavy atom. The van der Waals surface area contributed by atoms with Crippen LogP contribution in [0.25, 0.3) is 0 Å². The maximum Gasteiger partial charge on any atom is 0.255 e. The van der Waals surface area contributed by atoms with Crippen molar-refractivity contribution in [2.75, 3.05) is 6.26 Å². The molecule has 0 saturated heterocycles. The van der Waals surface area contributed by atoms with Gasteiger partial charge in [-0.3, -0.25) is 4.79 Å². The van der Waals surface area contributed by atoms with Crippen LogP contribution in [0, 0.1) is 6.92 Å². The highest BCUT2D eigenvalue weighted by Crippen LogP contribution is 2.19. The van der Waals surface area contributed by atoms with Gasteiger partial charge in [0.1, 0.15) is 0 Å². The molecule has 0 radical (unpaired) electrons. The van der Waals surface area contributed by atoms with Gasteiger partial charge in [-0.15, -0.1) is 0 Å². The smallest absolute Gasteiger partial charge is 0.255 e. The maximum atomic E-state index is 12.0. The van der Waals surface area contributed by atoms with E-state index in [1.165, 1.54) is 11.8 Å². The topological polar surface area (TPSA) is 45.8 Å². The fourth-order valence-electron chi connectivity index (χ4n) is 1.72. The Kier molecular flexibility index (Phi) is 4.09. The lowest BCUT2D eigenvalue weighted by atomic mass is 10.1. The number of hydrogen-bond acceptors (Lipinski definition) is 3. The normalized spacial score (nSPS) is 10.6. The van der Waals surface area contributed by atoms with Crippen molar-refractivity contribution >= 4 is 23.4 Å². The van der Waals surface area contributed by atoms with Crippen LogP contribution in [0.5, 0.6) is 0 Å². The number of hydrogen-bond donors (Lipinski definition) is 1. The van der Waals surface area contributed by atoms with Crippen molar-refractivity contribution in [3.8, 4) is 0 Å². The first-order valence-corrected chi connectivity index (χ1v) is 7.09. The molecule has 0 bridgehead atoms. The van der Waals surface area contributed by atoms with Crippen molar-refractivity contribution in [3.63, 3.8) is 0 Å². The molecule has 18 heavy (non-hydrogen) atoms. The minimum Gasteiger partial charge on any atom is -0.301 e. The number of thioether (sulfide) groups is 1. The third kappa shape index (κ3) is 2.76. The van der Waals surface area contributed by atoms with Crippen molar-refractivity contribution in [2.24, 2.45) is 0 Å². The summed E-state index contributed by atoms with van der Waals surface area (Å²) in [6.07, 6.45) is 2.38. The fourth-order valence-corrected chi connectivity index (χ4v) is 2.35. The molecular weight excluding hydrogens is 268 g/mol. The molecule has 0 amide bonds. The van der Waals surface area contributed by atoms with Crippen LogP contribution in [0.4, 0.5) is 0 Å². The molecule has 2 aromatic rings. The van der Waals surface area contributed by atoms with Crippen LogP contribution >= 0.6 is 23.4 Å². The van der Waals surface area contributed by atoms with E-state index in [-0.39, 0.29) is 5.56 Å². The predicted octanol–water partition coefficient (Wildman–Crippen LogP) is 3.04. The molecule has 0 aliphatic carbocycles. The van der Waals surface area contributed by atoms with E-state index in [0.29, 0.717) is 22.2 Å². The summed E-state index contributed by atoms with van der Waals surface area (Å²) < 4.78 is 0. The Hall–Kier alpha value is -1.26. The molecule has 5 heteroatoms. The first kappa shape index (κ1) is 13.2. The molecule has 2 rings (SSSR count). The molecule has 0 aliphatic rings. The largest absolute Gasteiger partial charge is 0.301 e.